The molecule has 2 aromatic carbocycles. The maximum absolute atomic E-state index is 12.6. The SMILES string of the molecule is O=C(Nc1ncc(S(=O)(=O)c2ccc([N+](=O)[O-])cc2)s1)c1ccc(Cl)cc1Cl. The Morgan fingerprint density at radius 3 is 2.43 bits per heavy atom. The van der Waals surface area contributed by atoms with Gasteiger partial charge in [-0.05, 0) is 30.3 Å². The van der Waals surface area contributed by atoms with Crippen molar-refractivity contribution in [1.29, 1.82) is 0 Å². The van der Waals surface area contributed by atoms with Crippen molar-refractivity contribution in [2.45, 2.75) is 9.10 Å². The number of rotatable bonds is 5. The van der Waals surface area contributed by atoms with E-state index in [1.807, 2.05) is 0 Å². The lowest BCUT2D eigenvalue weighted by Crippen LogP contribution is -2.12. The van der Waals surface area contributed by atoms with Gasteiger partial charge in [0.05, 0.1) is 26.6 Å². The molecule has 28 heavy (non-hydrogen) atoms. The van der Waals surface area contributed by atoms with Gasteiger partial charge < -0.3 is 0 Å². The number of hydrogen-bond acceptors (Lipinski definition) is 7. The predicted molar refractivity (Wildman–Crippen MR) is 105 cm³/mol. The number of nitro groups is 1. The van der Waals surface area contributed by atoms with E-state index in [1.165, 1.54) is 18.2 Å². The standard InChI is InChI=1S/C16H9Cl2N3O5S2/c17-9-1-6-12(13(18)7-9)15(22)20-16-19-8-14(27-16)28(25,26)11-4-2-10(3-5-11)21(23)24/h1-8H,(H,19,20,22). The maximum atomic E-state index is 12.6. The highest BCUT2D eigenvalue weighted by molar-refractivity contribution is 7.93. The molecule has 3 rings (SSSR count). The van der Waals surface area contributed by atoms with Crippen molar-refractivity contribution in [3.05, 3.63) is 74.4 Å². The number of thiazole rings is 1. The highest BCUT2D eigenvalue weighted by Crippen LogP contribution is 2.30. The first-order valence-corrected chi connectivity index (χ1v) is 10.5. The van der Waals surface area contributed by atoms with E-state index in [2.05, 4.69) is 10.3 Å². The molecule has 1 amide bonds. The van der Waals surface area contributed by atoms with Gasteiger partial charge in [-0.15, -0.1) is 0 Å². The van der Waals surface area contributed by atoms with Crippen LogP contribution >= 0.6 is 34.5 Å². The Morgan fingerprint density at radius 1 is 1.14 bits per heavy atom. The topological polar surface area (TPSA) is 119 Å². The van der Waals surface area contributed by atoms with Gasteiger partial charge in [0.25, 0.3) is 11.6 Å². The Balaban J connectivity index is 1.82. The molecular weight excluding hydrogens is 449 g/mol. The molecule has 144 valence electrons. The van der Waals surface area contributed by atoms with Crippen LogP contribution in [0.4, 0.5) is 10.8 Å². The van der Waals surface area contributed by atoms with Gasteiger partial charge in [-0.3, -0.25) is 20.2 Å². The molecular formula is C16H9Cl2N3O5S2. The summed E-state index contributed by atoms with van der Waals surface area (Å²) in [5, 5.41) is 13.7. The zero-order valence-electron chi connectivity index (χ0n) is 13.6. The molecule has 0 bridgehead atoms. The third kappa shape index (κ3) is 4.14. The van der Waals surface area contributed by atoms with Crippen LogP contribution in [0.1, 0.15) is 10.4 Å². The Morgan fingerprint density at radius 2 is 1.82 bits per heavy atom. The number of sulfone groups is 1. The van der Waals surface area contributed by atoms with Crippen LogP contribution in [0, 0.1) is 10.1 Å². The van der Waals surface area contributed by atoms with Crippen molar-refractivity contribution in [3.8, 4) is 0 Å². The smallest absolute Gasteiger partial charge is 0.269 e. The van der Waals surface area contributed by atoms with Crippen molar-refractivity contribution in [2.75, 3.05) is 5.32 Å². The molecule has 0 aliphatic heterocycles. The van der Waals surface area contributed by atoms with Crippen LogP contribution in [0.5, 0.6) is 0 Å². The number of anilines is 1. The fourth-order valence-electron chi connectivity index (χ4n) is 2.14. The number of non-ortho nitro benzene ring substituents is 1. The summed E-state index contributed by atoms with van der Waals surface area (Å²) in [6.07, 6.45) is 1.10. The quantitative estimate of drug-likeness (QED) is 0.446. The Kier molecular flexibility index (Phi) is 5.66. The fourth-order valence-corrected chi connectivity index (χ4v) is 5.06. The molecule has 0 unspecified atom stereocenters. The summed E-state index contributed by atoms with van der Waals surface area (Å²) >= 11 is 12.5. The number of benzene rings is 2. The lowest BCUT2D eigenvalue weighted by molar-refractivity contribution is -0.384. The predicted octanol–water partition coefficient (Wildman–Crippen LogP) is 4.44. The van der Waals surface area contributed by atoms with Crippen LogP contribution in [0.2, 0.25) is 10.0 Å². The van der Waals surface area contributed by atoms with Crippen LogP contribution in [-0.4, -0.2) is 24.2 Å². The molecule has 12 heteroatoms. The summed E-state index contributed by atoms with van der Waals surface area (Å²) in [5.74, 6) is -0.574. The average Bonchev–Trinajstić information content (AvgIpc) is 3.11. The first-order valence-electron chi connectivity index (χ1n) is 7.40. The van der Waals surface area contributed by atoms with E-state index < -0.39 is 20.7 Å². The van der Waals surface area contributed by atoms with Gasteiger partial charge in [0, 0.05) is 17.2 Å². The maximum Gasteiger partial charge on any atom is 0.269 e. The second-order valence-electron chi connectivity index (χ2n) is 5.32. The Hall–Kier alpha value is -2.53. The molecule has 1 aromatic heterocycles. The highest BCUT2D eigenvalue weighted by atomic mass is 35.5. The molecule has 3 aromatic rings. The Labute approximate surface area is 172 Å². The van der Waals surface area contributed by atoms with Gasteiger partial charge >= 0.3 is 0 Å². The molecule has 0 saturated carbocycles. The fraction of sp³-hybridized carbons (Fsp3) is 0. The second-order valence-corrected chi connectivity index (χ2v) is 9.37. The number of aromatic nitrogens is 1. The number of nitro benzene ring substituents is 1. The second kappa shape index (κ2) is 7.84. The first kappa shape index (κ1) is 20.2. The van der Waals surface area contributed by atoms with Crippen LogP contribution in [0.25, 0.3) is 0 Å². The number of hydrogen-bond donors (Lipinski definition) is 1. The molecule has 0 saturated heterocycles. The number of halogens is 2. The average molecular weight is 458 g/mol. The van der Waals surface area contributed by atoms with E-state index in [0.717, 1.165) is 41.8 Å². The number of nitrogens with zero attached hydrogens (tertiary/aromatic N) is 2. The van der Waals surface area contributed by atoms with Crippen LogP contribution < -0.4 is 5.32 Å². The molecule has 0 atom stereocenters. The van der Waals surface area contributed by atoms with E-state index in [1.54, 1.807) is 0 Å². The third-order valence-electron chi connectivity index (χ3n) is 3.50. The summed E-state index contributed by atoms with van der Waals surface area (Å²) < 4.78 is 25.1. The number of carbonyl (C=O) groups excluding carboxylic acids is 1. The van der Waals surface area contributed by atoms with Crippen molar-refractivity contribution in [1.82, 2.24) is 4.98 Å². The van der Waals surface area contributed by atoms with Crippen LogP contribution in [-0.2, 0) is 9.84 Å². The first-order chi connectivity index (χ1) is 13.2. The van der Waals surface area contributed by atoms with Crippen molar-refractivity contribution < 1.29 is 18.1 Å². The molecule has 8 nitrogen and oxygen atoms in total. The zero-order valence-corrected chi connectivity index (χ0v) is 16.8. The minimum absolute atomic E-state index is 0.0523. The van der Waals surface area contributed by atoms with Crippen LogP contribution in [0.15, 0.2) is 57.8 Å². The minimum atomic E-state index is -3.94. The summed E-state index contributed by atoms with van der Waals surface area (Å²) in [4.78, 5) is 26.1. The minimum Gasteiger partial charge on any atom is -0.298 e. The molecule has 1 N–H and O–H groups in total. The number of nitrogens with one attached hydrogen (secondary N) is 1. The van der Waals surface area contributed by atoms with Crippen molar-refractivity contribution in [3.63, 3.8) is 0 Å². The molecule has 1 heterocycles. The molecule has 0 spiro atoms. The van der Waals surface area contributed by atoms with Gasteiger partial charge in [-0.1, -0.05) is 34.5 Å². The van der Waals surface area contributed by atoms with Gasteiger partial charge in [0.15, 0.2) is 5.13 Å². The van der Waals surface area contributed by atoms with Gasteiger partial charge in [0.2, 0.25) is 9.84 Å². The highest BCUT2D eigenvalue weighted by Gasteiger charge is 2.23. The van der Waals surface area contributed by atoms with Crippen molar-refractivity contribution in [2.24, 2.45) is 0 Å². The largest absolute Gasteiger partial charge is 0.298 e. The normalized spacial score (nSPS) is 11.2. The number of amides is 1. The van der Waals surface area contributed by atoms with Crippen molar-refractivity contribution >= 4 is 61.1 Å². The summed E-state index contributed by atoms with van der Waals surface area (Å²) in [6.45, 7) is 0. The van der Waals surface area contributed by atoms with Gasteiger partial charge in [0.1, 0.15) is 4.21 Å². The van der Waals surface area contributed by atoms with E-state index in [0.29, 0.717) is 5.02 Å². The van der Waals surface area contributed by atoms with E-state index in [-0.39, 0.29) is 30.5 Å². The zero-order chi connectivity index (χ0) is 20.5. The van der Waals surface area contributed by atoms with E-state index in [4.69, 9.17) is 23.2 Å². The number of carbonyl (C=O) groups is 1. The van der Waals surface area contributed by atoms with Crippen LogP contribution in [0.3, 0.4) is 0 Å². The van der Waals surface area contributed by atoms with E-state index in [9.17, 15) is 23.3 Å². The third-order valence-corrected chi connectivity index (χ3v) is 7.19. The van der Waals surface area contributed by atoms with E-state index >= 15 is 0 Å². The molecule has 0 radical (unpaired) electrons. The molecule has 0 aliphatic rings. The lowest BCUT2D eigenvalue weighted by Gasteiger charge is -2.04. The lowest BCUT2D eigenvalue weighted by atomic mass is 10.2. The molecule has 0 aliphatic carbocycles. The molecule has 0 fully saturated rings. The summed E-state index contributed by atoms with van der Waals surface area (Å²) in [6, 6.07) is 8.80. The van der Waals surface area contributed by atoms with Gasteiger partial charge in [-0.2, -0.15) is 0 Å². The summed E-state index contributed by atoms with van der Waals surface area (Å²) in [7, 11) is -3.94. The monoisotopic (exact) mass is 457 g/mol. The summed E-state index contributed by atoms with van der Waals surface area (Å²) in [5.41, 5.74) is -0.0721. The van der Waals surface area contributed by atoms with Gasteiger partial charge in [-0.25, -0.2) is 13.4 Å². The Bertz CT molecular complexity index is 1180.